The third-order valence-corrected chi connectivity index (χ3v) is 8.77. The van der Waals surface area contributed by atoms with E-state index >= 15 is 0 Å². The van der Waals surface area contributed by atoms with Crippen LogP contribution in [0.5, 0.6) is 0 Å². The summed E-state index contributed by atoms with van der Waals surface area (Å²) in [5.41, 5.74) is 1.12. The second kappa shape index (κ2) is 8.24. The molecule has 2 aliphatic heterocycles. The molecule has 0 aromatic heterocycles. The molecule has 0 amide bonds. The van der Waals surface area contributed by atoms with Gasteiger partial charge >= 0.3 is 0 Å². The van der Waals surface area contributed by atoms with Gasteiger partial charge < -0.3 is 4.90 Å². The SMILES string of the molecule is CC(C)(C)C(=O)[C@@H]1[C@@H](c2ccc(Br)cc2)C2(C(=O)c3ccccc3C2=O)[C@H]2C=Cc3cc(Cl)ccc3N12. The largest absolute Gasteiger partial charge is 0.352 e. The van der Waals surface area contributed by atoms with Gasteiger partial charge in [0, 0.05) is 37.6 Å². The monoisotopic (exact) mass is 573 g/mol. The molecule has 0 unspecified atom stereocenters. The van der Waals surface area contributed by atoms with Crippen LogP contribution in [0.1, 0.15) is 58.5 Å². The highest BCUT2D eigenvalue weighted by Crippen LogP contribution is 2.61. The summed E-state index contributed by atoms with van der Waals surface area (Å²) in [6.45, 7) is 5.68. The first-order chi connectivity index (χ1) is 17.6. The first kappa shape index (κ1) is 24.3. The number of ketones is 3. The predicted octanol–water partition coefficient (Wildman–Crippen LogP) is 7.15. The molecule has 0 saturated carbocycles. The molecule has 37 heavy (non-hydrogen) atoms. The molecule has 0 N–H and O–H groups in total. The van der Waals surface area contributed by atoms with E-state index in [-0.39, 0.29) is 17.3 Å². The normalized spacial score (nSPS) is 23.3. The average molecular weight is 575 g/mol. The standard InChI is InChI=1S/C31H25BrClNO3/c1-30(2,3)29(37)26-25(17-8-11-19(32)12-9-17)31(27(35)21-6-4-5-7-22(21)28(31)36)24-15-10-18-16-20(33)13-14-23(18)34(24)26/h4-16,24-26H,1-3H3/t24-,25-,26+/m1/s1. The van der Waals surface area contributed by atoms with E-state index in [1.54, 1.807) is 30.3 Å². The molecule has 0 bridgehead atoms. The molecule has 3 atom stereocenters. The molecule has 3 aliphatic rings. The van der Waals surface area contributed by atoms with Gasteiger partial charge in [-0.15, -0.1) is 0 Å². The van der Waals surface area contributed by atoms with E-state index in [2.05, 4.69) is 15.9 Å². The Balaban J connectivity index is 1.70. The minimum absolute atomic E-state index is 0.0185. The van der Waals surface area contributed by atoms with Crippen LogP contribution >= 0.6 is 27.5 Å². The van der Waals surface area contributed by atoms with Crippen molar-refractivity contribution in [3.05, 3.63) is 105 Å². The second-order valence-corrected chi connectivity index (χ2v) is 12.4. The summed E-state index contributed by atoms with van der Waals surface area (Å²) >= 11 is 9.83. The van der Waals surface area contributed by atoms with Crippen molar-refractivity contribution >= 4 is 56.6 Å². The van der Waals surface area contributed by atoms with Crippen molar-refractivity contribution in [3.63, 3.8) is 0 Å². The third-order valence-electron chi connectivity index (χ3n) is 8.00. The van der Waals surface area contributed by atoms with E-state index in [0.29, 0.717) is 16.1 Å². The number of carbonyl (C=O) groups is 3. The maximum Gasteiger partial charge on any atom is 0.180 e. The summed E-state index contributed by atoms with van der Waals surface area (Å²) in [6, 6.07) is 18.9. The lowest BCUT2D eigenvalue weighted by Crippen LogP contribution is -2.49. The predicted molar refractivity (Wildman–Crippen MR) is 149 cm³/mol. The Labute approximate surface area is 229 Å². The summed E-state index contributed by atoms with van der Waals surface area (Å²) < 4.78 is 0.881. The van der Waals surface area contributed by atoms with Crippen LogP contribution in [0.2, 0.25) is 5.02 Å². The van der Waals surface area contributed by atoms with E-state index in [9.17, 15) is 14.4 Å². The zero-order chi connectivity index (χ0) is 26.3. The molecule has 3 aromatic rings. The minimum Gasteiger partial charge on any atom is -0.352 e. The van der Waals surface area contributed by atoms with Crippen molar-refractivity contribution < 1.29 is 14.4 Å². The van der Waals surface area contributed by atoms with Gasteiger partial charge in [-0.05, 0) is 41.5 Å². The molecule has 0 radical (unpaired) electrons. The van der Waals surface area contributed by atoms with Gasteiger partial charge in [0.1, 0.15) is 5.41 Å². The molecular weight excluding hydrogens is 550 g/mol. The molecule has 6 heteroatoms. The number of rotatable bonds is 2. The van der Waals surface area contributed by atoms with Gasteiger partial charge in [0.25, 0.3) is 0 Å². The van der Waals surface area contributed by atoms with Crippen molar-refractivity contribution in [2.75, 3.05) is 4.90 Å². The molecule has 4 nitrogen and oxygen atoms in total. The zero-order valence-corrected chi connectivity index (χ0v) is 23.0. The molecule has 1 saturated heterocycles. The first-order valence-corrected chi connectivity index (χ1v) is 13.5. The lowest BCUT2D eigenvalue weighted by Gasteiger charge is -2.38. The Morgan fingerprint density at radius 1 is 0.946 bits per heavy atom. The second-order valence-electron chi connectivity index (χ2n) is 11.1. The van der Waals surface area contributed by atoms with Crippen LogP contribution in [0.25, 0.3) is 6.08 Å². The van der Waals surface area contributed by atoms with Crippen molar-refractivity contribution in [2.24, 2.45) is 10.8 Å². The Morgan fingerprint density at radius 2 is 1.57 bits per heavy atom. The fourth-order valence-corrected chi connectivity index (χ4v) is 6.88. The van der Waals surface area contributed by atoms with E-state index in [1.807, 2.05) is 74.2 Å². The van der Waals surface area contributed by atoms with Gasteiger partial charge in [0.05, 0.1) is 12.1 Å². The number of hydrogen-bond acceptors (Lipinski definition) is 4. The summed E-state index contributed by atoms with van der Waals surface area (Å²) in [7, 11) is 0. The van der Waals surface area contributed by atoms with E-state index < -0.39 is 28.8 Å². The van der Waals surface area contributed by atoms with Gasteiger partial charge in [-0.25, -0.2) is 0 Å². The number of hydrogen-bond donors (Lipinski definition) is 0. The third kappa shape index (κ3) is 3.30. The smallest absolute Gasteiger partial charge is 0.180 e. The molecule has 3 aromatic carbocycles. The highest BCUT2D eigenvalue weighted by molar-refractivity contribution is 9.10. The fraction of sp³-hybridized carbons (Fsp3) is 0.258. The highest BCUT2D eigenvalue weighted by Gasteiger charge is 2.71. The molecule has 186 valence electrons. The van der Waals surface area contributed by atoms with Crippen LogP contribution in [0, 0.1) is 10.8 Å². The highest BCUT2D eigenvalue weighted by atomic mass is 79.9. The van der Waals surface area contributed by atoms with Crippen LogP contribution in [0.3, 0.4) is 0 Å². The summed E-state index contributed by atoms with van der Waals surface area (Å²) in [5, 5.41) is 0.583. The summed E-state index contributed by atoms with van der Waals surface area (Å²) in [6.07, 6.45) is 3.85. The summed E-state index contributed by atoms with van der Waals surface area (Å²) in [5.74, 6) is -1.14. The number of benzene rings is 3. The lowest BCUT2D eigenvalue weighted by molar-refractivity contribution is -0.127. The van der Waals surface area contributed by atoms with E-state index in [4.69, 9.17) is 11.6 Å². The molecule has 1 spiro atoms. The van der Waals surface area contributed by atoms with Crippen molar-refractivity contribution in [1.82, 2.24) is 0 Å². The van der Waals surface area contributed by atoms with Crippen molar-refractivity contribution in [1.29, 1.82) is 0 Å². The van der Waals surface area contributed by atoms with Gasteiger partial charge in [0.2, 0.25) is 0 Å². The van der Waals surface area contributed by atoms with E-state index in [0.717, 1.165) is 21.3 Å². The zero-order valence-electron chi connectivity index (χ0n) is 20.7. The number of nitrogens with zero attached hydrogens (tertiary/aromatic N) is 1. The maximum atomic E-state index is 14.5. The summed E-state index contributed by atoms with van der Waals surface area (Å²) in [4.78, 5) is 45.4. The molecular formula is C31H25BrClNO3. The Bertz CT molecular complexity index is 1480. The first-order valence-electron chi connectivity index (χ1n) is 12.3. The van der Waals surface area contributed by atoms with Crippen LogP contribution < -0.4 is 4.90 Å². The van der Waals surface area contributed by atoms with Crippen LogP contribution in [0.4, 0.5) is 5.69 Å². The lowest BCUT2D eigenvalue weighted by atomic mass is 9.63. The quantitative estimate of drug-likeness (QED) is 0.305. The Morgan fingerprint density at radius 3 is 2.16 bits per heavy atom. The van der Waals surface area contributed by atoms with Gasteiger partial charge in [0.15, 0.2) is 17.3 Å². The minimum atomic E-state index is -1.48. The van der Waals surface area contributed by atoms with Gasteiger partial charge in [-0.3, -0.25) is 14.4 Å². The molecule has 1 fully saturated rings. The van der Waals surface area contributed by atoms with Gasteiger partial charge in [-0.2, -0.15) is 0 Å². The van der Waals surface area contributed by atoms with Crippen LogP contribution in [0.15, 0.2) is 77.3 Å². The maximum absolute atomic E-state index is 14.5. The van der Waals surface area contributed by atoms with Crippen molar-refractivity contribution in [3.8, 4) is 0 Å². The Kier molecular flexibility index (Phi) is 5.42. The Hall–Kier alpha value is -3.02. The van der Waals surface area contributed by atoms with Crippen LogP contribution in [-0.4, -0.2) is 29.4 Å². The molecule has 6 rings (SSSR count). The van der Waals surface area contributed by atoms with Crippen molar-refractivity contribution in [2.45, 2.75) is 38.8 Å². The number of anilines is 1. The van der Waals surface area contributed by atoms with Crippen LogP contribution in [-0.2, 0) is 4.79 Å². The number of fused-ring (bicyclic) bond motifs is 5. The number of Topliss-reactive ketones (excluding diaryl/α,β-unsaturated/α-hetero) is 3. The fourth-order valence-electron chi connectivity index (χ4n) is 6.43. The number of carbonyl (C=O) groups excluding carboxylic acids is 3. The average Bonchev–Trinajstić information content (AvgIpc) is 3.29. The van der Waals surface area contributed by atoms with E-state index in [1.165, 1.54) is 0 Å². The molecule has 2 heterocycles. The van der Waals surface area contributed by atoms with Gasteiger partial charge in [-0.1, -0.05) is 96.9 Å². The topological polar surface area (TPSA) is 54.5 Å². The molecule has 1 aliphatic carbocycles. The number of halogens is 2.